The van der Waals surface area contributed by atoms with Crippen LogP contribution in [0.1, 0.15) is 35.2 Å². The number of hydrogen-bond acceptors (Lipinski definition) is 2. The molecule has 0 unspecified atom stereocenters. The van der Waals surface area contributed by atoms with E-state index >= 15 is 0 Å². The van der Waals surface area contributed by atoms with Crippen molar-refractivity contribution in [1.82, 2.24) is 5.32 Å². The summed E-state index contributed by atoms with van der Waals surface area (Å²) in [4.78, 5) is 12.0. The van der Waals surface area contributed by atoms with Crippen molar-refractivity contribution < 1.29 is 9.53 Å². The second-order valence-corrected chi connectivity index (χ2v) is 5.73. The van der Waals surface area contributed by atoms with Crippen LogP contribution in [0.4, 0.5) is 0 Å². The van der Waals surface area contributed by atoms with E-state index in [9.17, 15) is 4.79 Å². The number of carbonyl (C=O) groups is 1. The lowest BCUT2D eigenvalue weighted by Gasteiger charge is -2.16. The third-order valence-corrected chi connectivity index (χ3v) is 3.80. The Kier molecular flexibility index (Phi) is 5.21. The van der Waals surface area contributed by atoms with Crippen LogP contribution in [0.2, 0.25) is 0 Å². The van der Waals surface area contributed by atoms with Crippen LogP contribution in [0, 0.1) is 20.8 Å². The van der Waals surface area contributed by atoms with E-state index in [1.807, 2.05) is 44.2 Å². The first-order valence-corrected chi connectivity index (χ1v) is 7.51. The lowest BCUT2D eigenvalue weighted by atomic mass is 10.0. The van der Waals surface area contributed by atoms with E-state index in [4.69, 9.17) is 4.74 Å². The zero-order valence-corrected chi connectivity index (χ0v) is 13.6. The molecule has 0 heterocycles. The van der Waals surface area contributed by atoms with E-state index in [0.29, 0.717) is 5.75 Å². The van der Waals surface area contributed by atoms with Crippen LogP contribution in [0.15, 0.2) is 42.5 Å². The Balaban J connectivity index is 1.88. The second kappa shape index (κ2) is 7.12. The van der Waals surface area contributed by atoms with Crippen molar-refractivity contribution in [2.45, 2.75) is 33.7 Å². The molecule has 0 aliphatic carbocycles. The van der Waals surface area contributed by atoms with Gasteiger partial charge in [-0.2, -0.15) is 0 Å². The monoisotopic (exact) mass is 297 g/mol. The molecule has 3 heteroatoms. The second-order valence-electron chi connectivity index (χ2n) is 5.73. The molecule has 3 nitrogen and oxygen atoms in total. The van der Waals surface area contributed by atoms with E-state index in [1.165, 1.54) is 16.7 Å². The molecule has 0 fully saturated rings. The summed E-state index contributed by atoms with van der Waals surface area (Å²) in [6.45, 7) is 8.18. The Morgan fingerprint density at radius 3 is 2.36 bits per heavy atom. The van der Waals surface area contributed by atoms with Crippen molar-refractivity contribution in [2.75, 3.05) is 6.61 Å². The highest BCUT2D eigenvalue weighted by molar-refractivity contribution is 5.78. The van der Waals surface area contributed by atoms with E-state index in [-0.39, 0.29) is 18.6 Å². The first-order chi connectivity index (χ1) is 10.5. The lowest BCUT2D eigenvalue weighted by Crippen LogP contribution is -2.31. The highest BCUT2D eigenvalue weighted by atomic mass is 16.5. The molecular formula is C19H23NO2. The molecule has 0 aliphatic heterocycles. The molecule has 22 heavy (non-hydrogen) atoms. The SMILES string of the molecule is Cc1ccc(OCC(=O)N[C@H](C)c2ccc(C)c(C)c2)cc1. The number of amides is 1. The smallest absolute Gasteiger partial charge is 0.258 e. The van der Waals surface area contributed by atoms with Crippen LogP contribution in [0.5, 0.6) is 5.75 Å². The van der Waals surface area contributed by atoms with Crippen molar-refractivity contribution in [3.8, 4) is 5.75 Å². The van der Waals surface area contributed by atoms with E-state index in [2.05, 4.69) is 31.3 Å². The Bertz CT molecular complexity index is 647. The molecule has 0 spiro atoms. The zero-order chi connectivity index (χ0) is 16.1. The van der Waals surface area contributed by atoms with Crippen LogP contribution >= 0.6 is 0 Å². The van der Waals surface area contributed by atoms with Crippen LogP contribution in [-0.4, -0.2) is 12.5 Å². The van der Waals surface area contributed by atoms with E-state index in [0.717, 1.165) is 5.56 Å². The predicted molar refractivity (Wildman–Crippen MR) is 89.1 cm³/mol. The van der Waals surface area contributed by atoms with Gasteiger partial charge < -0.3 is 10.1 Å². The largest absolute Gasteiger partial charge is 0.484 e. The van der Waals surface area contributed by atoms with Gasteiger partial charge in [0.05, 0.1) is 6.04 Å². The molecule has 2 rings (SSSR count). The fraction of sp³-hybridized carbons (Fsp3) is 0.316. The third-order valence-electron chi connectivity index (χ3n) is 3.80. The van der Waals surface area contributed by atoms with Gasteiger partial charge >= 0.3 is 0 Å². The highest BCUT2D eigenvalue weighted by Crippen LogP contribution is 2.17. The van der Waals surface area contributed by atoms with Crippen LogP contribution in [0.3, 0.4) is 0 Å². The quantitative estimate of drug-likeness (QED) is 0.910. The summed E-state index contributed by atoms with van der Waals surface area (Å²) < 4.78 is 5.49. The standard InChI is InChI=1S/C19H23NO2/c1-13-5-9-18(10-6-13)22-12-19(21)20-16(4)17-8-7-14(2)15(3)11-17/h5-11,16H,12H2,1-4H3,(H,20,21)/t16-/m1/s1. The van der Waals surface area contributed by atoms with Gasteiger partial charge in [0.25, 0.3) is 5.91 Å². The average molecular weight is 297 g/mol. The normalized spacial score (nSPS) is 11.8. The molecule has 1 atom stereocenters. The molecule has 2 aromatic carbocycles. The molecule has 0 aromatic heterocycles. The van der Waals surface area contributed by atoms with E-state index < -0.39 is 0 Å². The number of nitrogens with one attached hydrogen (secondary N) is 1. The van der Waals surface area contributed by atoms with Crippen molar-refractivity contribution in [2.24, 2.45) is 0 Å². The van der Waals surface area contributed by atoms with Crippen LogP contribution in [-0.2, 0) is 4.79 Å². The van der Waals surface area contributed by atoms with Gasteiger partial charge in [0.15, 0.2) is 6.61 Å². The minimum absolute atomic E-state index is 0.0260. The summed E-state index contributed by atoms with van der Waals surface area (Å²) in [6, 6.07) is 13.9. The van der Waals surface area contributed by atoms with Crippen LogP contribution in [0.25, 0.3) is 0 Å². The maximum Gasteiger partial charge on any atom is 0.258 e. The molecular weight excluding hydrogens is 274 g/mol. The Labute approximate surface area is 132 Å². The van der Waals surface area contributed by atoms with Crippen molar-refractivity contribution in [1.29, 1.82) is 0 Å². The van der Waals surface area contributed by atoms with Gasteiger partial charge in [0, 0.05) is 0 Å². The number of benzene rings is 2. The molecule has 1 N–H and O–H groups in total. The number of hydrogen-bond donors (Lipinski definition) is 1. The molecule has 0 radical (unpaired) electrons. The van der Waals surface area contributed by atoms with Crippen molar-refractivity contribution in [3.05, 3.63) is 64.7 Å². The van der Waals surface area contributed by atoms with Gasteiger partial charge in [-0.25, -0.2) is 0 Å². The molecule has 0 saturated carbocycles. The van der Waals surface area contributed by atoms with Gasteiger partial charge in [0.1, 0.15) is 5.75 Å². The molecule has 2 aromatic rings. The van der Waals surface area contributed by atoms with Gasteiger partial charge in [-0.05, 0) is 56.5 Å². The number of aryl methyl sites for hydroxylation is 3. The third kappa shape index (κ3) is 4.35. The molecule has 0 bridgehead atoms. The van der Waals surface area contributed by atoms with Crippen LogP contribution < -0.4 is 10.1 Å². The maximum absolute atomic E-state index is 12.0. The topological polar surface area (TPSA) is 38.3 Å². The predicted octanol–water partition coefficient (Wildman–Crippen LogP) is 3.87. The molecule has 1 amide bonds. The Morgan fingerprint density at radius 2 is 1.73 bits per heavy atom. The first-order valence-electron chi connectivity index (χ1n) is 7.51. The Hall–Kier alpha value is -2.29. The summed E-state index contributed by atoms with van der Waals surface area (Å²) in [5.41, 5.74) is 4.76. The fourth-order valence-electron chi connectivity index (χ4n) is 2.18. The van der Waals surface area contributed by atoms with Crippen molar-refractivity contribution in [3.63, 3.8) is 0 Å². The lowest BCUT2D eigenvalue weighted by molar-refractivity contribution is -0.123. The summed E-state index contributed by atoms with van der Waals surface area (Å²) in [5.74, 6) is 0.589. The average Bonchev–Trinajstić information content (AvgIpc) is 2.49. The summed E-state index contributed by atoms with van der Waals surface area (Å²) >= 11 is 0. The van der Waals surface area contributed by atoms with Gasteiger partial charge in [-0.1, -0.05) is 35.9 Å². The fourth-order valence-corrected chi connectivity index (χ4v) is 2.18. The molecule has 116 valence electrons. The minimum atomic E-state index is -0.119. The van der Waals surface area contributed by atoms with Crippen molar-refractivity contribution >= 4 is 5.91 Å². The highest BCUT2D eigenvalue weighted by Gasteiger charge is 2.10. The zero-order valence-electron chi connectivity index (χ0n) is 13.6. The van der Waals surface area contributed by atoms with Gasteiger partial charge in [0.2, 0.25) is 0 Å². The number of rotatable bonds is 5. The summed E-state index contributed by atoms with van der Waals surface area (Å²) in [7, 11) is 0. The maximum atomic E-state index is 12.0. The van der Waals surface area contributed by atoms with E-state index in [1.54, 1.807) is 0 Å². The molecule has 0 aliphatic rings. The summed E-state index contributed by atoms with van der Waals surface area (Å²) in [6.07, 6.45) is 0. The number of carbonyl (C=O) groups excluding carboxylic acids is 1. The first kappa shape index (κ1) is 16.1. The number of ether oxygens (including phenoxy) is 1. The Morgan fingerprint density at radius 1 is 1.05 bits per heavy atom. The van der Waals surface area contributed by atoms with Gasteiger partial charge in [-0.3, -0.25) is 4.79 Å². The van der Waals surface area contributed by atoms with Gasteiger partial charge in [-0.15, -0.1) is 0 Å². The minimum Gasteiger partial charge on any atom is -0.484 e. The molecule has 0 saturated heterocycles. The summed E-state index contributed by atoms with van der Waals surface area (Å²) in [5, 5.41) is 2.96.